The van der Waals surface area contributed by atoms with Crippen molar-refractivity contribution in [2.24, 2.45) is 0 Å². The summed E-state index contributed by atoms with van der Waals surface area (Å²) in [7, 11) is 0. The fraction of sp³-hybridized carbons (Fsp3) is 0.0556. The normalized spacial score (nSPS) is 11.0. The Balaban J connectivity index is 1.63. The number of hydrogen-bond donors (Lipinski definition) is 1. The van der Waals surface area contributed by atoms with Crippen molar-refractivity contribution in [3.05, 3.63) is 82.1 Å². The number of nitrogens with zero attached hydrogens (tertiary/aromatic N) is 3. The first kappa shape index (κ1) is 17.9. The second-order valence-electron chi connectivity index (χ2n) is 5.35. The molecule has 0 aliphatic rings. The summed E-state index contributed by atoms with van der Waals surface area (Å²) in [5.41, 5.74) is 0.730. The number of amides is 1. The van der Waals surface area contributed by atoms with Gasteiger partial charge in [0.25, 0.3) is 5.91 Å². The highest BCUT2D eigenvalue weighted by molar-refractivity contribution is 9.10. The molecule has 26 heavy (non-hydrogen) atoms. The van der Waals surface area contributed by atoms with Crippen molar-refractivity contribution in [2.45, 2.75) is 6.54 Å². The summed E-state index contributed by atoms with van der Waals surface area (Å²) >= 11 is 3.40. The van der Waals surface area contributed by atoms with Gasteiger partial charge in [-0.25, -0.2) is 18.4 Å². The average molecular weight is 419 g/mol. The molecule has 2 aromatic carbocycles. The molecule has 8 heteroatoms. The van der Waals surface area contributed by atoms with E-state index in [1.807, 2.05) is 24.3 Å². The molecule has 132 valence electrons. The Bertz CT molecular complexity index is 951. The fourth-order valence-corrected chi connectivity index (χ4v) is 2.68. The third-order valence-corrected chi connectivity index (χ3v) is 3.90. The smallest absolute Gasteiger partial charge is 0.250 e. The van der Waals surface area contributed by atoms with E-state index in [-0.39, 0.29) is 11.5 Å². The minimum absolute atomic E-state index is 0.101. The zero-order chi connectivity index (χ0) is 18.5. The zero-order valence-electron chi connectivity index (χ0n) is 13.4. The zero-order valence-corrected chi connectivity index (χ0v) is 15.0. The molecule has 3 rings (SSSR count). The fourth-order valence-electron chi connectivity index (χ4n) is 2.23. The number of aromatic nitrogens is 3. The topological polar surface area (TPSA) is 59.8 Å². The van der Waals surface area contributed by atoms with Gasteiger partial charge < -0.3 is 0 Å². The second-order valence-corrected chi connectivity index (χ2v) is 6.27. The Morgan fingerprint density at radius 1 is 1.19 bits per heavy atom. The largest absolute Gasteiger partial charge is 0.290 e. The van der Waals surface area contributed by atoms with Crippen LogP contribution in [0.3, 0.4) is 0 Å². The Hall–Kier alpha value is -2.87. The predicted octanol–water partition coefficient (Wildman–Crippen LogP) is 4.02. The lowest BCUT2D eigenvalue weighted by Gasteiger charge is -2.01. The van der Waals surface area contributed by atoms with Crippen LogP contribution in [0, 0.1) is 11.6 Å². The summed E-state index contributed by atoms with van der Waals surface area (Å²) < 4.78 is 29.5. The predicted molar refractivity (Wildman–Crippen MR) is 97.3 cm³/mol. The molecule has 1 aromatic heterocycles. The van der Waals surface area contributed by atoms with E-state index in [2.05, 4.69) is 31.3 Å². The van der Waals surface area contributed by atoms with E-state index in [9.17, 15) is 13.6 Å². The SMILES string of the molecule is O=C(/C=C/c1c(F)cccc1F)Nc1ncn(Cc2cccc(Br)c2)n1. The van der Waals surface area contributed by atoms with Gasteiger partial charge in [-0.3, -0.25) is 10.1 Å². The standard InChI is InChI=1S/C18H13BrF2N4O/c19-13-4-1-3-12(9-13)10-25-11-22-18(24-25)23-17(26)8-7-14-15(20)5-2-6-16(14)21/h1-9,11H,10H2,(H,23,24,26)/b8-7+. The minimum atomic E-state index is -0.745. The van der Waals surface area contributed by atoms with Crippen molar-refractivity contribution in [3.8, 4) is 0 Å². The Labute approximate surface area is 156 Å². The van der Waals surface area contributed by atoms with Gasteiger partial charge >= 0.3 is 0 Å². The third kappa shape index (κ3) is 4.60. The molecule has 0 atom stereocenters. The highest BCUT2D eigenvalue weighted by Gasteiger charge is 2.07. The van der Waals surface area contributed by atoms with E-state index in [0.717, 1.165) is 34.3 Å². The van der Waals surface area contributed by atoms with Crippen molar-refractivity contribution in [2.75, 3.05) is 5.32 Å². The van der Waals surface area contributed by atoms with Crippen LogP contribution in [0.4, 0.5) is 14.7 Å². The van der Waals surface area contributed by atoms with Gasteiger partial charge in [0.15, 0.2) is 0 Å². The van der Waals surface area contributed by atoms with Crippen molar-refractivity contribution in [1.29, 1.82) is 0 Å². The molecule has 0 aliphatic heterocycles. The summed E-state index contributed by atoms with van der Waals surface area (Å²) in [5.74, 6) is -1.98. The van der Waals surface area contributed by atoms with Gasteiger partial charge in [0, 0.05) is 16.1 Å². The molecule has 0 saturated carbocycles. The number of benzene rings is 2. The van der Waals surface area contributed by atoms with Gasteiger partial charge in [0.05, 0.1) is 6.54 Å². The van der Waals surface area contributed by atoms with Crippen LogP contribution in [0.15, 0.2) is 59.3 Å². The lowest BCUT2D eigenvalue weighted by atomic mass is 10.2. The molecular formula is C18H13BrF2N4O. The Kier molecular flexibility index (Phi) is 5.52. The van der Waals surface area contributed by atoms with Crippen LogP contribution in [-0.2, 0) is 11.3 Å². The maximum Gasteiger partial charge on any atom is 0.250 e. The van der Waals surface area contributed by atoms with Crippen LogP contribution in [0.5, 0.6) is 0 Å². The van der Waals surface area contributed by atoms with E-state index in [0.29, 0.717) is 6.54 Å². The van der Waals surface area contributed by atoms with Gasteiger partial charge in [-0.15, -0.1) is 5.10 Å². The number of carbonyl (C=O) groups excluding carboxylic acids is 1. The molecule has 0 bridgehead atoms. The highest BCUT2D eigenvalue weighted by Crippen LogP contribution is 2.14. The number of halogens is 3. The van der Waals surface area contributed by atoms with Gasteiger partial charge in [0.2, 0.25) is 5.95 Å². The number of rotatable bonds is 5. The van der Waals surface area contributed by atoms with Gasteiger partial charge in [0.1, 0.15) is 18.0 Å². The van der Waals surface area contributed by atoms with Crippen LogP contribution < -0.4 is 5.32 Å². The molecule has 1 amide bonds. The molecule has 0 spiro atoms. The Morgan fingerprint density at radius 3 is 2.65 bits per heavy atom. The minimum Gasteiger partial charge on any atom is -0.290 e. The number of anilines is 1. The van der Waals surface area contributed by atoms with Crippen molar-refractivity contribution < 1.29 is 13.6 Å². The molecule has 1 N–H and O–H groups in total. The van der Waals surface area contributed by atoms with Crippen LogP contribution in [0.1, 0.15) is 11.1 Å². The van der Waals surface area contributed by atoms with Gasteiger partial charge in [-0.2, -0.15) is 0 Å². The van der Waals surface area contributed by atoms with Crippen LogP contribution in [-0.4, -0.2) is 20.7 Å². The Morgan fingerprint density at radius 2 is 1.92 bits per heavy atom. The van der Waals surface area contributed by atoms with E-state index in [1.165, 1.54) is 12.4 Å². The summed E-state index contributed by atoms with van der Waals surface area (Å²) in [5, 5.41) is 6.59. The molecule has 1 heterocycles. The number of carbonyl (C=O) groups is 1. The molecular weight excluding hydrogens is 406 g/mol. The van der Waals surface area contributed by atoms with Gasteiger partial charge in [-0.05, 0) is 35.9 Å². The quantitative estimate of drug-likeness (QED) is 0.636. The average Bonchev–Trinajstić information content (AvgIpc) is 3.01. The van der Waals surface area contributed by atoms with Crippen molar-refractivity contribution in [1.82, 2.24) is 14.8 Å². The van der Waals surface area contributed by atoms with Crippen molar-refractivity contribution in [3.63, 3.8) is 0 Å². The maximum atomic E-state index is 13.5. The van der Waals surface area contributed by atoms with E-state index in [4.69, 9.17) is 0 Å². The molecule has 0 unspecified atom stereocenters. The van der Waals surface area contributed by atoms with Crippen molar-refractivity contribution >= 4 is 33.9 Å². The summed E-state index contributed by atoms with van der Waals surface area (Å²) in [6.07, 6.45) is 3.58. The molecule has 0 fully saturated rings. The maximum absolute atomic E-state index is 13.5. The monoisotopic (exact) mass is 418 g/mol. The summed E-state index contributed by atoms with van der Waals surface area (Å²) in [4.78, 5) is 15.9. The molecule has 0 aliphatic carbocycles. The first-order valence-electron chi connectivity index (χ1n) is 7.58. The van der Waals surface area contributed by atoms with Crippen LogP contribution in [0.2, 0.25) is 0 Å². The van der Waals surface area contributed by atoms with Crippen LogP contribution in [0.25, 0.3) is 6.08 Å². The highest BCUT2D eigenvalue weighted by atomic mass is 79.9. The molecule has 0 saturated heterocycles. The van der Waals surface area contributed by atoms with E-state index in [1.54, 1.807) is 4.68 Å². The molecule has 0 radical (unpaired) electrons. The lowest BCUT2D eigenvalue weighted by molar-refractivity contribution is -0.111. The van der Waals surface area contributed by atoms with Gasteiger partial charge in [-0.1, -0.05) is 34.1 Å². The number of nitrogens with one attached hydrogen (secondary N) is 1. The molecule has 5 nitrogen and oxygen atoms in total. The first-order valence-corrected chi connectivity index (χ1v) is 8.37. The third-order valence-electron chi connectivity index (χ3n) is 3.41. The summed E-state index contributed by atoms with van der Waals surface area (Å²) in [6, 6.07) is 11.2. The summed E-state index contributed by atoms with van der Waals surface area (Å²) in [6.45, 7) is 0.485. The molecule has 3 aromatic rings. The second kappa shape index (κ2) is 8.01. The number of hydrogen-bond acceptors (Lipinski definition) is 3. The van der Waals surface area contributed by atoms with Crippen LogP contribution >= 0.6 is 15.9 Å². The lowest BCUT2D eigenvalue weighted by Crippen LogP contribution is -2.10. The van der Waals surface area contributed by atoms with E-state index >= 15 is 0 Å². The van der Waals surface area contributed by atoms with E-state index < -0.39 is 17.5 Å². The first-order chi connectivity index (χ1) is 12.5.